The Morgan fingerprint density at radius 2 is 2.38 bits per heavy atom. The second kappa shape index (κ2) is 4.62. The van der Waals surface area contributed by atoms with Crippen molar-refractivity contribution in [3.63, 3.8) is 0 Å². The molecule has 0 aromatic carbocycles. The van der Waals surface area contributed by atoms with Crippen molar-refractivity contribution in [2.45, 2.75) is 51.6 Å². The standard InChI is InChI=1S/C14H22O2/c1-11(2)9-12-5-3-7-14(15,10-12)13-6-4-8-16-13/h4,6,8,11-12,15H,3,5,7,9-10H2,1-2H3. The lowest BCUT2D eigenvalue weighted by atomic mass is 9.74. The van der Waals surface area contributed by atoms with E-state index in [1.54, 1.807) is 6.26 Å². The predicted molar refractivity (Wildman–Crippen MR) is 64.0 cm³/mol. The third kappa shape index (κ3) is 2.49. The van der Waals surface area contributed by atoms with Crippen molar-refractivity contribution in [3.05, 3.63) is 24.2 Å². The molecule has 16 heavy (non-hydrogen) atoms. The maximum atomic E-state index is 10.6. The number of aliphatic hydroxyl groups is 1. The highest BCUT2D eigenvalue weighted by Crippen LogP contribution is 2.42. The smallest absolute Gasteiger partial charge is 0.135 e. The molecule has 2 rings (SSSR count). The van der Waals surface area contributed by atoms with Gasteiger partial charge in [0.2, 0.25) is 0 Å². The molecule has 0 bridgehead atoms. The Hall–Kier alpha value is -0.760. The summed E-state index contributed by atoms with van der Waals surface area (Å²) in [6.45, 7) is 4.50. The highest BCUT2D eigenvalue weighted by Gasteiger charge is 2.38. The molecule has 1 saturated carbocycles. The largest absolute Gasteiger partial charge is 0.466 e. The molecule has 1 aromatic rings. The molecule has 0 spiro atoms. The van der Waals surface area contributed by atoms with Crippen molar-refractivity contribution in [1.29, 1.82) is 0 Å². The molecule has 0 amide bonds. The molecule has 2 atom stereocenters. The van der Waals surface area contributed by atoms with E-state index in [9.17, 15) is 5.11 Å². The fraction of sp³-hybridized carbons (Fsp3) is 0.714. The van der Waals surface area contributed by atoms with Crippen LogP contribution >= 0.6 is 0 Å². The van der Waals surface area contributed by atoms with Gasteiger partial charge in [-0.1, -0.05) is 20.3 Å². The van der Waals surface area contributed by atoms with Gasteiger partial charge in [0, 0.05) is 0 Å². The van der Waals surface area contributed by atoms with Crippen LogP contribution in [0.15, 0.2) is 22.8 Å². The minimum Gasteiger partial charge on any atom is -0.466 e. The van der Waals surface area contributed by atoms with E-state index < -0.39 is 5.60 Å². The van der Waals surface area contributed by atoms with Crippen LogP contribution in [0.25, 0.3) is 0 Å². The molecule has 1 N–H and O–H groups in total. The van der Waals surface area contributed by atoms with Gasteiger partial charge in [-0.2, -0.15) is 0 Å². The van der Waals surface area contributed by atoms with Gasteiger partial charge in [-0.25, -0.2) is 0 Å². The zero-order valence-electron chi connectivity index (χ0n) is 10.3. The molecule has 1 aliphatic carbocycles. The van der Waals surface area contributed by atoms with E-state index in [1.165, 1.54) is 12.8 Å². The molecular formula is C14H22O2. The Labute approximate surface area is 97.7 Å². The predicted octanol–water partition coefficient (Wildman–Crippen LogP) is 3.70. The Kier molecular flexibility index (Phi) is 3.38. The Morgan fingerprint density at radius 3 is 3.00 bits per heavy atom. The normalized spacial score (nSPS) is 30.9. The SMILES string of the molecule is CC(C)CC1CCCC(O)(c2ccco2)C1. The van der Waals surface area contributed by atoms with Crippen molar-refractivity contribution in [3.8, 4) is 0 Å². The van der Waals surface area contributed by atoms with Gasteiger partial charge in [0.25, 0.3) is 0 Å². The van der Waals surface area contributed by atoms with Gasteiger partial charge in [-0.15, -0.1) is 0 Å². The molecule has 90 valence electrons. The lowest BCUT2D eigenvalue weighted by Gasteiger charge is -2.36. The van der Waals surface area contributed by atoms with Gasteiger partial charge in [0.15, 0.2) is 0 Å². The number of hydrogen-bond acceptors (Lipinski definition) is 2. The monoisotopic (exact) mass is 222 g/mol. The molecule has 2 nitrogen and oxygen atoms in total. The molecule has 1 aromatic heterocycles. The molecule has 1 fully saturated rings. The second-order valence-corrected chi connectivity index (χ2v) is 5.60. The van der Waals surface area contributed by atoms with Crippen LogP contribution in [-0.4, -0.2) is 5.11 Å². The fourth-order valence-corrected chi connectivity index (χ4v) is 3.00. The Morgan fingerprint density at radius 1 is 1.56 bits per heavy atom. The summed E-state index contributed by atoms with van der Waals surface area (Å²) < 4.78 is 5.38. The number of rotatable bonds is 3. The van der Waals surface area contributed by atoms with Gasteiger partial charge >= 0.3 is 0 Å². The zero-order chi connectivity index (χ0) is 11.6. The fourth-order valence-electron chi connectivity index (χ4n) is 3.00. The summed E-state index contributed by atoms with van der Waals surface area (Å²) in [4.78, 5) is 0. The molecule has 2 unspecified atom stereocenters. The first-order valence-electron chi connectivity index (χ1n) is 6.36. The molecular weight excluding hydrogens is 200 g/mol. The maximum absolute atomic E-state index is 10.6. The van der Waals surface area contributed by atoms with Crippen molar-refractivity contribution in [2.75, 3.05) is 0 Å². The maximum Gasteiger partial charge on any atom is 0.135 e. The zero-order valence-corrected chi connectivity index (χ0v) is 10.3. The van der Waals surface area contributed by atoms with Gasteiger partial charge in [-0.3, -0.25) is 0 Å². The summed E-state index contributed by atoms with van der Waals surface area (Å²) in [7, 11) is 0. The summed E-state index contributed by atoms with van der Waals surface area (Å²) >= 11 is 0. The average Bonchev–Trinajstić information content (AvgIpc) is 2.69. The van der Waals surface area contributed by atoms with Gasteiger partial charge < -0.3 is 9.52 Å². The van der Waals surface area contributed by atoms with Crippen LogP contribution in [0.3, 0.4) is 0 Å². The van der Waals surface area contributed by atoms with Crippen LogP contribution in [0.2, 0.25) is 0 Å². The average molecular weight is 222 g/mol. The van der Waals surface area contributed by atoms with Crippen LogP contribution in [0, 0.1) is 11.8 Å². The minimum absolute atomic E-state index is 0.642. The third-order valence-corrected chi connectivity index (χ3v) is 3.61. The second-order valence-electron chi connectivity index (χ2n) is 5.60. The molecule has 0 saturated heterocycles. The molecule has 0 radical (unpaired) electrons. The van der Waals surface area contributed by atoms with Gasteiger partial charge in [0.05, 0.1) is 6.26 Å². The highest BCUT2D eigenvalue weighted by atomic mass is 16.4. The van der Waals surface area contributed by atoms with Crippen LogP contribution in [0.4, 0.5) is 0 Å². The van der Waals surface area contributed by atoms with Crippen molar-refractivity contribution >= 4 is 0 Å². The molecule has 0 aliphatic heterocycles. The topological polar surface area (TPSA) is 33.4 Å². The Balaban J connectivity index is 2.06. The minimum atomic E-state index is -0.707. The highest BCUT2D eigenvalue weighted by molar-refractivity contribution is 5.10. The number of hydrogen-bond donors (Lipinski definition) is 1. The van der Waals surface area contributed by atoms with Crippen LogP contribution in [-0.2, 0) is 5.60 Å². The van der Waals surface area contributed by atoms with E-state index in [0.29, 0.717) is 11.8 Å². The van der Waals surface area contributed by atoms with E-state index in [-0.39, 0.29) is 0 Å². The van der Waals surface area contributed by atoms with E-state index in [1.807, 2.05) is 12.1 Å². The first-order chi connectivity index (χ1) is 7.60. The van der Waals surface area contributed by atoms with E-state index in [4.69, 9.17) is 4.42 Å². The van der Waals surface area contributed by atoms with Crippen LogP contribution in [0.5, 0.6) is 0 Å². The van der Waals surface area contributed by atoms with Gasteiger partial charge in [-0.05, 0) is 49.7 Å². The molecule has 1 aliphatic rings. The van der Waals surface area contributed by atoms with Crippen LogP contribution < -0.4 is 0 Å². The summed E-state index contributed by atoms with van der Waals surface area (Å²) in [6.07, 6.45) is 6.92. The summed E-state index contributed by atoms with van der Waals surface area (Å²) in [5.74, 6) is 2.11. The summed E-state index contributed by atoms with van der Waals surface area (Å²) in [6, 6.07) is 3.76. The lowest BCUT2D eigenvalue weighted by Crippen LogP contribution is -2.32. The van der Waals surface area contributed by atoms with Crippen molar-refractivity contribution in [1.82, 2.24) is 0 Å². The quantitative estimate of drug-likeness (QED) is 0.845. The van der Waals surface area contributed by atoms with E-state index in [2.05, 4.69) is 13.8 Å². The first kappa shape index (κ1) is 11.7. The van der Waals surface area contributed by atoms with Crippen molar-refractivity contribution in [2.24, 2.45) is 11.8 Å². The first-order valence-corrected chi connectivity index (χ1v) is 6.36. The van der Waals surface area contributed by atoms with E-state index >= 15 is 0 Å². The molecule has 2 heteroatoms. The van der Waals surface area contributed by atoms with Crippen LogP contribution in [0.1, 0.15) is 51.7 Å². The van der Waals surface area contributed by atoms with Crippen molar-refractivity contribution < 1.29 is 9.52 Å². The van der Waals surface area contributed by atoms with E-state index in [0.717, 1.165) is 25.0 Å². The van der Waals surface area contributed by atoms with Gasteiger partial charge in [0.1, 0.15) is 11.4 Å². The Bertz CT molecular complexity index is 315. The lowest BCUT2D eigenvalue weighted by molar-refractivity contribution is -0.0414. The summed E-state index contributed by atoms with van der Waals surface area (Å²) in [5, 5.41) is 10.6. The third-order valence-electron chi connectivity index (χ3n) is 3.61. The number of furan rings is 1. The summed E-state index contributed by atoms with van der Waals surface area (Å²) in [5.41, 5.74) is -0.707. The molecule has 1 heterocycles.